The van der Waals surface area contributed by atoms with Gasteiger partial charge >= 0.3 is 0 Å². The summed E-state index contributed by atoms with van der Waals surface area (Å²) in [5.74, 6) is -0.0139. The molecule has 3 rings (SSSR count). The lowest BCUT2D eigenvalue weighted by molar-refractivity contribution is 0.271. The summed E-state index contributed by atoms with van der Waals surface area (Å²) in [6.07, 6.45) is 0. The van der Waals surface area contributed by atoms with Crippen molar-refractivity contribution in [2.24, 2.45) is 5.14 Å². The third-order valence-corrected chi connectivity index (χ3v) is 5.23. The minimum atomic E-state index is -3.84. The van der Waals surface area contributed by atoms with Crippen molar-refractivity contribution in [2.75, 3.05) is 14.2 Å². The van der Waals surface area contributed by atoms with Crippen LogP contribution in [0, 0.1) is 5.82 Å². The average molecular weight is 418 g/mol. The van der Waals surface area contributed by atoms with Gasteiger partial charge in [-0.1, -0.05) is 12.1 Å². The number of sulfonamides is 1. The molecule has 1 aromatic heterocycles. The molecule has 152 valence electrons. The first kappa shape index (κ1) is 20.7. The highest BCUT2D eigenvalue weighted by Gasteiger charge is 2.17. The molecule has 0 radical (unpaired) electrons. The van der Waals surface area contributed by atoms with Crippen LogP contribution in [0.3, 0.4) is 0 Å². The summed E-state index contributed by atoms with van der Waals surface area (Å²) < 4.78 is 47.5. The Balaban J connectivity index is 2.26. The maximum atomic E-state index is 14.1. The summed E-state index contributed by atoms with van der Waals surface area (Å²) in [6, 6.07) is 11.7. The SMILES string of the molecule is COc1cc(F)cc(-c2nc(OC)c(CO)cc2-c2ccc(S(N)(=O)=O)cc2)c1. The Morgan fingerprint density at radius 3 is 2.28 bits per heavy atom. The van der Waals surface area contributed by atoms with Crippen molar-refractivity contribution in [3.63, 3.8) is 0 Å². The number of pyridine rings is 1. The number of benzene rings is 2. The van der Waals surface area contributed by atoms with Gasteiger partial charge in [-0.2, -0.15) is 0 Å². The molecule has 1 heterocycles. The van der Waals surface area contributed by atoms with Gasteiger partial charge in [0.25, 0.3) is 0 Å². The van der Waals surface area contributed by atoms with Crippen LogP contribution in [0.5, 0.6) is 11.6 Å². The van der Waals surface area contributed by atoms with Crippen LogP contribution in [0.4, 0.5) is 4.39 Å². The smallest absolute Gasteiger partial charge is 0.238 e. The number of aromatic nitrogens is 1. The number of nitrogens with two attached hydrogens (primary N) is 1. The van der Waals surface area contributed by atoms with Gasteiger partial charge in [-0.15, -0.1) is 0 Å². The van der Waals surface area contributed by atoms with Crippen molar-refractivity contribution in [2.45, 2.75) is 11.5 Å². The summed E-state index contributed by atoms with van der Waals surface area (Å²) in [5, 5.41) is 14.8. The topological polar surface area (TPSA) is 112 Å². The highest BCUT2D eigenvalue weighted by Crippen LogP contribution is 2.36. The van der Waals surface area contributed by atoms with Gasteiger partial charge in [0, 0.05) is 22.8 Å². The predicted molar refractivity (Wildman–Crippen MR) is 105 cm³/mol. The Morgan fingerprint density at radius 1 is 1.03 bits per heavy atom. The second-order valence-electron chi connectivity index (χ2n) is 6.16. The number of ether oxygens (including phenoxy) is 2. The van der Waals surface area contributed by atoms with E-state index in [1.807, 2.05) is 0 Å². The third kappa shape index (κ3) is 4.37. The highest BCUT2D eigenvalue weighted by atomic mass is 32.2. The second-order valence-corrected chi connectivity index (χ2v) is 7.72. The largest absolute Gasteiger partial charge is 0.497 e. The Morgan fingerprint density at radius 2 is 1.72 bits per heavy atom. The van der Waals surface area contributed by atoms with E-state index in [-0.39, 0.29) is 17.4 Å². The van der Waals surface area contributed by atoms with Crippen molar-refractivity contribution in [3.05, 3.63) is 59.9 Å². The van der Waals surface area contributed by atoms with Crippen LogP contribution in [-0.4, -0.2) is 32.7 Å². The Labute approximate surface area is 167 Å². The van der Waals surface area contributed by atoms with Crippen molar-refractivity contribution in [1.29, 1.82) is 0 Å². The number of hydrogen-bond acceptors (Lipinski definition) is 6. The second kappa shape index (κ2) is 8.16. The maximum absolute atomic E-state index is 14.1. The van der Waals surface area contributed by atoms with E-state index in [1.54, 1.807) is 24.3 Å². The molecule has 0 saturated heterocycles. The zero-order chi connectivity index (χ0) is 21.2. The Hall–Kier alpha value is -3.01. The van der Waals surface area contributed by atoms with Crippen LogP contribution < -0.4 is 14.6 Å². The number of aliphatic hydroxyl groups is 1. The lowest BCUT2D eigenvalue weighted by Gasteiger charge is -2.15. The molecule has 29 heavy (non-hydrogen) atoms. The van der Waals surface area contributed by atoms with E-state index in [0.29, 0.717) is 33.7 Å². The molecule has 0 fully saturated rings. The minimum absolute atomic E-state index is 0.0425. The monoisotopic (exact) mass is 418 g/mol. The van der Waals surface area contributed by atoms with Gasteiger partial charge in [0.1, 0.15) is 11.6 Å². The van der Waals surface area contributed by atoms with E-state index in [2.05, 4.69) is 4.98 Å². The summed E-state index contributed by atoms with van der Waals surface area (Å²) in [7, 11) is -1.00. The summed E-state index contributed by atoms with van der Waals surface area (Å²) in [4.78, 5) is 4.41. The van der Waals surface area contributed by atoms with Gasteiger partial charge in [-0.25, -0.2) is 22.9 Å². The molecule has 0 aliphatic carbocycles. The molecule has 7 nitrogen and oxygen atoms in total. The van der Waals surface area contributed by atoms with Crippen molar-refractivity contribution in [1.82, 2.24) is 4.98 Å². The molecule has 0 saturated carbocycles. The van der Waals surface area contributed by atoms with Crippen LogP contribution in [-0.2, 0) is 16.6 Å². The molecule has 0 spiro atoms. The average Bonchev–Trinajstić information content (AvgIpc) is 2.71. The normalized spacial score (nSPS) is 11.3. The van der Waals surface area contributed by atoms with Gasteiger partial charge < -0.3 is 14.6 Å². The van der Waals surface area contributed by atoms with Crippen LogP contribution in [0.1, 0.15) is 5.56 Å². The first-order valence-corrected chi connectivity index (χ1v) is 9.98. The number of hydrogen-bond donors (Lipinski definition) is 2. The molecule has 2 aromatic carbocycles. The fraction of sp³-hybridized carbons (Fsp3) is 0.150. The van der Waals surface area contributed by atoms with Gasteiger partial charge in [-0.05, 0) is 35.9 Å². The summed E-state index contributed by atoms with van der Waals surface area (Å²) >= 11 is 0. The molecule has 3 aromatic rings. The van der Waals surface area contributed by atoms with E-state index in [0.717, 1.165) is 0 Å². The molecule has 0 atom stereocenters. The van der Waals surface area contributed by atoms with Gasteiger partial charge in [0.05, 0.1) is 31.4 Å². The van der Waals surface area contributed by atoms with E-state index < -0.39 is 15.8 Å². The molecule has 0 aliphatic rings. The van der Waals surface area contributed by atoms with Crippen molar-refractivity contribution in [3.8, 4) is 34.0 Å². The van der Waals surface area contributed by atoms with Crippen molar-refractivity contribution < 1.29 is 27.4 Å². The number of aliphatic hydroxyl groups excluding tert-OH is 1. The number of rotatable bonds is 6. The molecule has 0 aliphatic heterocycles. The Bertz CT molecular complexity index is 1150. The van der Waals surface area contributed by atoms with Crippen LogP contribution in [0.15, 0.2) is 53.4 Å². The van der Waals surface area contributed by atoms with E-state index in [9.17, 15) is 17.9 Å². The number of nitrogens with zero attached hydrogens (tertiary/aromatic N) is 1. The van der Waals surface area contributed by atoms with E-state index in [1.165, 1.54) is 38.5 Å². The van der Waals surface area contributed by atoms with Gasteiger partial charge in [0.2, 0.25) is 15.9 Å². The summed E-state index contributed by atoms with van der Waals surface area (Å²) in [5.41, 5.74) is 2.37. The van der Waals surface area contributed by atoms with Gasteiger partial charge in [-0.3, -0.25) is 0 Å². The van der Waals surface area contributed by atoms with Crippen LogP contribution >= 0.6 is 0 Å². The fourth-order valence-electron chi connectivity index (χ4n) is 2.91. The Kier molecular flexibility index (Phi) is 5.83. The molecular weight excluding hydrogens is 399 g/mol. The number of primary sulfonamides is 1. The van der Waals surface area contributed by atoms with Crippen LogP contribution in [0.2, 0.25) is 0 Å². The first-order chi connectivity index (χ1) is 13.8. The molecule has 9 heteroatoms. The van der Waals surface area contributed by atoms with Gasteiger partial charge in [0.15, 0.2) is 0 Å². The maximum Gasteiger partial charge on any atom is 0.238 e. The van der Waals surface area contributed by atoms with E-state index in [4.69, 9.17) is 14.6 Å². The lowest BCUT2D eigenvalue weighted by Crippen LogP contribution is -2.11. The van der Waals surface area contributed by atoms with Crippen molar-refractivity contribution >= 4 is 10.0 Å². The summed E-state index contributed by atoms with van der Waals surface area (Å²) in [6.45, 7) is -0.328. The predicted octanol–water partition coefficient (Wildman–Crippen LogP) is 2.71. The third-order valence-electron chi connectivity index (χ3n) is 4.30. The molecule has 0 amide bonds. The number of halogens is 1. The quantitative estimate of drug-likeness (QED) is 0.637. The number of methoxy groups -OCH3 is 2. The highest BCUT2D eigenvalue weighted by molar-refractivity contribution is 7.89. The van der Waals surface area contributed by atoms with E-state index >= 15 is 0 Å². The molecule has 0 bridgehead atoms. The molecular formula is C20H19FN2O5S. The standard InChI is InChI=1S/C20H19FN2O5S/c1-27-16-8-13(7-15(21)10-16)19-18(9-14(11-24)20(23-19)28-2)12-3-5-17(6-4-12)29(22,25)26/h3-10,24H,11H2,1-2H3,(H2,22,25,26). The zero-order valence-corrected chi connectivity index (χ0v) is 16.5. The molecule has 3 N–H and O–H groups in total. The fourth-order valence-corrected chi connectivity index (χ4v) is 3.42. The minimum Gasteiger partial charge on any atom is -0.497 e. The van der Waals surface area contributed by atoms with Crippen LogP contribution in [0.25, 0.3) is 22.4 Å². The molecule has 0 unspecified atom stereocenters. The first-order valence-electron chi connectivity index (χ1n) is 8.43. The zero-order valence-electron chi connectivity index (χ0n) is 15.7. The lowest BCUT2D eigenvalue weighted by atomic mass is 9.97.